The van der Waals surface area contributed by atoms with E-state index in [0.717, 1.165) is 6.08 Å². The fourth-order valence-corrected chi connectivity index (χ4v) is 2.56. The summed E-state index contributed by atoms with van der Waals surface area (Å²) in [5.41, 5.74) is 6.88. The first kappa shape index (κ1) is 21.8. The summed E-state index contributed by atoms with van der Waals surface area (Å²) in [5.74, 6) is -5.21. The third-order valence-electron chi connectivity index (χ3n) is 4.09. The van der Waals surface area contributed by atoms with Crippen LogP contribution in [0.3, 0.4) is 0 Å². The number of rotatable bonds is 7. The van der Waals surface area contributed by atoms with Crippen LogP contribution in [0.15, 0.2) is 76.1 Å². The second kappa shape index (κ2) is 9.65. The van der Waals surface area contributed by atoms with Gasteiger partial charge in [0.05, 0.1) is 5.71 Å². The number of hydrogen-bond acceptors (Lipinski definition) is 6. The summed E-state index contributed by atoms with van der Waals surface area (Å²) in [5, 5.41) is 28.4. The fourth-order valence-electron chi connectivity index (χ4n) is 2.56. The number of likely N-dealkylation sites (N-methyl/N-ethyl adjacent to an activating group) is 1. The first-order valence-electron chi connectivity index (χ1n) is 8.75. The zero-order valence-corrected chi connectivity index (χ0v) is 15.9. The van der Waals surface area contributed by atoms with E-state index in [1.54, 1.807) is 25.4 Å². The van der Waals surface area contributed by atoms with Crippen LogP contribution in [0.1, 0.15) is 6.42 Å². The van der Waals surface area contributed by atoms with Gasteiger partial charge in [-0.1, -0.05) is 12.2 Å². The van der Waals surface area contributed by atoms with Crippen molar-refractivity contribution in [3.63, 3.8) is 0 Å². The van der Waals surface area contributed by atoms with Crippen LogP contribution >= 0.6 is 0 Å². The third-order valence-corrected chi connectivity index (χ3v) is 4.09. The molecule has 152 valence electrons. The van der Waals surface area contributed by atoms with E-state index in [0.29, 0.717) is 29.8 Å². The standard InChI is InChI=1S/C20H23F2N7/c1-27-12-14(11-23)17(24)6-7-18(25)29-19(26)20(21,22)15-4-5-16-10-13(9-15)3-2-8-28-16/h2-9,11,24,27H,10,12,23H2,1H3,(H3,25,26,29)/b7-6-,14-11+,24-17?. The molecule has 0 saturated heterocycles. The summed E-state index contributed by atoms with van der Waals surface area (Å²) < 4.78 is 29.6. The maximum absolute atomic E-state index is 14.8. The number of alkyl halides is 2. The van der Waals surface area contributed by atoms with Crippen molar-refractivity contribution in [3.05, 3.63) is 71.1 Å². The Bertz CT molecular complexity index is 915. The minimum Gasteiger partial charge on any atom is -0.404 e. The highest BCUT2D eigenvalue weighted by Gasteiger charge is 2.39. The van der Waals surface area contributed by atoms with E-state index < -0.39 is 17.6 Å². The molecule has 0 saturated carbocycles. The van der Waals surface area contributed by atoms with Gasteiger partial charge < -0.3 is 21.8 Å². The highest BCUT2D eigenvalue weighted by molar-refractivity contribution is 6.12. The minimum absolute atomic E-state index is 0.0326. The van der Waals surface area contributed by atoms with Gasteiger partial charge in [-0.3, -0.25) is 15.8 Å². The van der Waals surface area contributed by atoms with Gasteiger partial charge >= 0.3 is 5.92 Å². The summed E-state index contributed by atoms with van der Waals surface area (Å²) in [6.45, 7) is 0.352. The number of halogens is 2. The normalized spacial score (nSPS) is 16.5. The van der Waals surface area contributed by atoms with E-state index in [-0.39, 0.29) is 11.3 Å². The Balaban J connectivity index is 2.10. The lowest BCUT2D eigenvalue weighted by molar-refractivity contribution is 0.120. The summed E-state index contributed by atoms with van der Waals surface area (Å²) in [6.07, 6.45) is 13.1. The summed E-state index contributed by atoms with van der Waals surface area (Å²) >= 11 is 0. The molecular formula is C20H23F2N7. The largest absolute Gasteiger partial charge is 0.404 e. The van der Waals surface area contributed by atoms with Gasteiger partial charge in [-0.25, -0.2) is 0 Å². The SMILES string of the molecule is CNC/C(=C\N)C(=N)/C=C\C(=N)NC(=N)C(F)(F)C1=CC=C2CC(=C1)C=CC=N2. The maximum Gasteiger partial charge on any atom is 0.329 e. The van der Waals surface area contributed by atoms with Crippen molar-refractivity contribution in [2.75, 3.05) is 13.6 Å². The Labute approximate surface area is 167 Å². The average Bonchev–Trinajstić information content (AvgIpc) is 3.05. The number of nitrogens with zero attached hydrogens (tertiary/aromatic N) is 1. The Hall–Kier alpha value is -3.46. The van der Waals surface area contributed by atoms with Gasteiger partial charge in [-0.2, -0.15) is 8.78 Å². The van der Waals surface area contributed by atoms with E-state index in [2.05, 4.69) is 15.6 Å². The highest BCUT2D eigenvalue weighted by Crippen LogP contribution is 2.31. The lowest BCUT2D eigenvalue weighted by atomic mass is 10.0. The number of allylic oxidation sites excluding steroid dienone is 7. The molecule has 0 amide bonds. The van der Waals surface area contributed by atoms with Crippen molar-refractivity contribution in [1.29, 1.82) is 16.2 Å². The lowest BCUT2D eigenvalue weighted by Gasteiger charge is -2.19. The van der Waals surface area contributed by atoms with Gasteiger partial charge in [0.1, 0.15) is 5.84 Å². The molecule has 2 rings (SSSR count). The monoisotopic (exact) mass is 399 g/mol. The zero-order valence-electron chi connectivity index (χ0n) is 15.9. The van der Waals surface area contributed by atoms with Crippen LogP contribution < -0.4 is 16.4 Å². The van der Waals surface area contributed by atoms with E-state index in [1.165, 1.54) is 30.5 Å². The smallest absolute Gasteiger partial charge is 0.329 e. The first-order valence-corrected chi connectivity index (χ1v) is 8.75. The molecular weight excluding hydrogens is 376 g/mol. The molecule has 0 radical (unpaired) electrons. The quantitative estimate of drug-likeness (QED) is 0.290. The molecule has 7 N–H and O–H groups in total. The molecule has 0 atom stereocenters. The van der Waals surface area contributed by atoms with Crippen LogP contribution in [0.2, 0.25) is 0 Å². The molecule has 0 aromatic carbocycles. The molecule has 1 heterocycles. The van der Waals surface area contributed by atoms with Crippen molar-refractivity contribution in [2.45, 2.75) is 12.3 Å². The van der Waals surface area contributed by atoms with E-state index in [9.17, 15) is 8.78 Å². The van der Waals surface area contributed by atoms with Gasteiger partial charge in [0.2, 0.25) is 0 Å². The summed E-state index contributed by atoms with van der Waals surface area (Å²) in [6, 6.07) is 0. The predicted octanol–water partition coefficient (Wildman–Crippen LogP) is 2.58. The molecule has 0 aromatic rings. The maximum atomic E-state index is 14.8. The Kier molecular flexibility index (Phi) is 7.27. The highest BCUT2D eigenvalue weighted by atomic mass is 19.3. The number of hydrogen-bond donors (Lipinski definition) is 6. The lowest BCUT2D eigenvalue weighted by Crippen LogP contribution is -2.43. The van der Waals surface area contributed by atoms with Crippen LogP contribution in [0.5, 0.6) is 0 Å². The Morgan fingerprint density at radius 3 is 2.72 bits per heavy atom. The van der Waals surface area contributed by atoms with Crippen LogP contribution in [0.4, 0.5) is 8.78 Å². The van der Waals surface area contributed by atoms with Crippen molar-refractivity contribution in [3.8, 4) is 0 Å². The zero-order chi connectivity index (χ0) is 21.4. The molecule has 1 aliphatic carbocycles. The second-order valence-corrected chi connectivity index (χ2v) is 6.27. The topological polar surface area (TPSA) is 134 Å². The molecule has 0 fully saturated rings. The van der Waals surface area contributed by atoms with Crippen molar-refractivity contribution in [1.82, 2.24) is 10.6 Å². The van der Waals surface area contributed by atoms with E-state index in [4.69, 9.17) is 22.0 Å². The average molecular weight is 399 g/mol. The molecule has 29 heavy (non-hydrogen) atoms. The van der Waals surface area contributed by atoms with Gasteiger partial charge in [-0.05, 0) is 43.0 Å². The molecule has 2 aliphatic rings. The molecule has 0 aromatic heterocycles. The van der Waals surface area contributed by atoms with E-state index >= 15 is 0 Å². The third kappa shape index (κ3) is 5.76. The second-order valence-electron chi connectivity index (χ2n) is 6.27. The molecule has 9 heteroatoms. The number of aliphatic imine (C=N–C) groups is 1. The Morgan fingerprint density at radius 1 is 1.28 bits per heavy atom. The minimum atomic E-state index is -3.63. The number of amidine groups is 2. The van der Waals surface area contributed by atoms with Crippen molar-refractivity contribution in [2.24, 2.45) is 10.7 Å². The Morgan fingerprint density at radius 2 is 2.03 bits per heavy atom. The molecule has 0 spiro atoms. The number of nitrogens with two attached hydrogens (primary N) is 1. The van der Waals surface area contributed by atoms with Gasteiger partial charge in [0.15, 0.2) is 5.84 Å². The molecule has 1 aliphatic heterocycles. The molecule has 7 nitrogen and oxygen atoms in total. The van der Waals surface area contributed by atoms with Crippen LogP contribution in [0, 0.1) is 16.2 Å². The van der Waals surface area contributed by atoms with Crippen LogP contribution in [0.25, 0.3) is 0 Å². The van der Waals surface area contributed by atoms with Gasteiger partial charge in [0, 0.05) is 42.2 Å². The number of nitrogens with one attached hydrogen (secondary N) is 5. The summed E-state index contributed by atoms with van der Waals surface area (Å²) in [7, 11) is 1.69. The van der Waals surface area contributed by atoms with Gasteiger partial charge in [0.25, 0.3) is 0 Å². The fraction of sp³-hybridized carbons (Fsp3) is 0.200. The predicted molar refractivity (Wildman–Crippen MR) is 113 cm³/mol. The molecule has 0 unspecified atom stereocenters. The number of fused-ring (bicyclic) bond motifs is 2. The van der Waals surface area contributed by atoms with Crippen molar-refractivity contribution < 1.29 is 8.78 Å². The van der Waals surface area contributed by atoms with Crippen molar-refractivity contribution >= 4 is 23.6 Å². The molecule has 2 bridgehead atoms. The van der Waals surface area contributed by atoms with Crippen LogP contribution in [-0.2, 0) is 0 Å². The van der Waals surface area contributed by atoms with E-state index in [1.807, 2.05) is 0 Å². The van der Waals surface area contributed by atoms with Crippen LogP contribution in [-0.4, -0.2) is 43.1 Å². The van der Waals surface area contributed by atoms with Gasteiger partial charge in [-0.15, -0.1) is 0 Å². The first-order chi connectivity index (χ1) is 13.8. The summed E-state index contributed by atoms with van der Waals surface area (Å²) in [4.78, 5) is 4.16.